The van der Waals surface area contributed by atoms with Gasteiger partial charge in [0, 0.05) is 0 Å². The van der Waals surface area contributed by atoms with Crippen molar-refractivity contribution in [2.45, 2.75) is 54.0 Å². The summed E-state index contributed by atoms with van der Waals surface area (Å²) in [6.45, 7) is 17.6. The van der Waals surface area contributed by atoms with Crippen LogP contribution in [0.3, 0.4) is 0 Å². The van der Waals surface area contributed by atoms with E-state index in [0.717, 1.165) is 0 Å². The second kappa shape index (κ2) is 7.94. The summed E-state index contributed by atoms with van der Waals surface area (Å²) in [5, 5.41) is 3.39. The zero-order valence-electron chi connectivity index (χ0n) is 13.7. The molecule has 1 rings (SSSR count). The minimum Gasteiger partial charge on any atom is -0.479 e. The maximum atomic E-state index is 3.39. The van der Waals surface area contributed by atoms with Crippen LogP contribution in [0.4, 0.5) is 0 Å². The van der Waals surface area contributed by atoms with Crippen molar-refractivity contribution in [3.05, 3.63) is 35.3 Å². The van der Waals surface area contributed by atoms with Crippen LogP contribution in [0.2, 0.25) is 0 Å². The third-order valence-corrected chi connectivity index (χ3v) is 3.48. The first-order valence-corrected chi connectivity index (χ1v) is 6.07. The van der Waals surface area contributed by atoms with E-state index < -0.39 is 0 Å². The van der Waals surface area contributed by atoms with Gasteiger partial charge in [-0.25, -0.2) is 5.57 Å². The van der Waals surface area contributed by atoms with Gasteiger partial charge in [0.1, 0.15) is 0 Å². The molecule has 0 saturated heterocycles. The van der Waals surface area contributed by atoms with Crippen molar-refractivity contribution < 1.29 is 37.7 Å². The van der Waals surface area contributed by atoms with Gasteiger partial charge in [0.25, 0.3) is 0 Å². The summed E-state index contributed by atoms with van der Waals surface area (Å²) >= 11 is 0. The van der Waals surface area contributed by atoms with E-state index >= 15 is 0 Å². The molecule has 1 atom stereocenters. The zero-order valence-corrected chi connectivity index (χ0v) is 13.7. The Labute approximate surface area is 138 Å². The molecule has 1 nitrogen and oxygen atoms in total. The van der Waals surface area contributed by atoms with Gasteiger partial charge in [0.2, 0.25) is 0 Å². The topological polar surface area (TPSA) is 12.0 Å². The summed E-state index contributed by atoms with van der Waals surface area (Å²) in [6.07, 6.45) is 2.23. The third kappa shape index (κ3) is 5.24. The normalized spacial score (nSPS) is 19.6. The standard InChI is InChI=1S/C15H25N.2Li/c1-10-11(2)13(4)14(12(10)3)8-9-16-15(5,6)7;;/h8-9,12,16H,1-7H3;;/q-2;2*+1. The molecule has 0 aromatic carbocycles. The van der Waals surface area contributed by atoms with Crippen molar-refractivity contribution in [2.24, 2.45) is 5.92 Å². The molecule has 0 radical (unpaired) electrons. The van der Waals surface area contributed by atoms with E-state index in [4.69, 9.17) is 0 Å². The van der Waals surface area contributed by atoms with Crippen LogP contribution in [-0.2, 0) is 0 Å². The summed E-state index contributed by atoms with van der Waals surface area (Å²) in [4.78, 5) is 0. The van der Waals surface area contributed by atoms with Crippen LogP contribution >= 0.6 is 0 Å². The predicted octanol–water partition coefficient (Wildman–Crippen LogP) is -1.95. The Morgan fingerprint density at radius 1 is 1.00 bits per heavy atom. The molecule has 0 fully saturated rings. The van der Waals surface area contributed by atoms with Crippen LogP contribution in [0.15, 0.2) is 22.3 Å². The molecule has 1 unspecified atom stereocenters. The number of nitrogens with one attached hydrogen (secondary N) is 1. The fourth-order valence-corrected chi connectivity index (χ4v) is 2.05. The molecular formula is C15H25Li2N. The van der Waals surface area contributed by atoms with E-state index in [2.05, 4.69) is 66.7 Å². The van der Waals surface area contributed by atoms with Crippen LogP contribution < -0.4 is 43.0 Å². The molecule has 1 aliphatic rings. The van der Waals surface area contributed by atoms with Crippen LogP contribution in [0.25, 0.3) is 0 Å². The Morgan fingerprint density at radius 3 is 1.83 bits per heavy atom. The summed E-state index contributed by atoms with van der Waals surface area (Å²) in [5.41, 5.74) is 6.00. The van der Waals surface area contributed by atoms with Gasteiger partial charge in [0.05, 0.1) is 0 Å². The molecule has 1 N–H and O–H groups in total. The molecule has 0 spiro atoms. The van der Waals surface area contributed by atoms with Crippen molar-refractivity contribution >= 4 is 0 Å². The quantitative estimate of drug-likeness (QED) is 0.441. The fourth-order valence-electron chi connectivity index (χ4n) is 2.05. The largest absolute Gasteiger partial charge is 1.00 e. The van der Waals surface area contributed by atoms with Crippen molar-refractivity contribution in [3.63, 3.8) is 0 Å². The minimum absolute atomic E-state index is 0. The first-order valence-electron chi connectivity index (χ1n) is 6.07. The molecule has 0 saturated carbocycles. The number of hydrogen-bond acceptors (Lipinski definition) is 1. The monoisotopic (exact) mass is 233 g/mol. The Morgan fingerprint density at radius 2 is 1.50 bits per heavy atom. The Hall–Kier alpha value is 0.505. The molecular weight excluding hydrogens is 208 g/mol. The van der Waals surface area contributed by atoms with Crippen LogP contribution in [-0.4, -0.2) is 5.54 Å². The van der Waals surface area contributed by atoms with E-state index in [1.54, 1.807) is 0 Å². The average molecular weight is 233 g/mol. The molecule has 0 aromatic rings. The SMILES string of the molecule is CC1=C(C)C(C)C([CH-][CH-]NC(C)(C)C)=C1C.[Li+].[Li+]. The van der Waals surface area contributed by atoms with Gasteiger partial charge >= 0.3 is 37.7 Å². The smallest absolute Gasteiger partial charge is 0.479 e. The second-order valence-corrected chi connectivity index (χ2v) is 5.84. The van der Waals surface area contributed by atoms with E-state index in [-0.39, 0.29) is 43.3 Å². The van der Waals surface area contributed by atoms with E-state index in [9.17, 15) is 0 Å². The molecule has 0 bridgehead atoms. The van der Waals surface area contributed by atoms with Crippen molar-refractivity contribution in [3.8, 4) is 0 Å². The Bertz CT molecular complexity index is 335. The van der Waals surface area contributed by atoms with Crippen LogP contribution in [0.1, 0.15) is 48.5 Å². The number of allylic oxidation sites excluding steroid dienone is 3. The minimum atomic E-state index is 0. The van der Waals surface area contributed by atoms with Gasteiger partial charge < -0.3 is 18.3 Å². The summed E-state index contributed by atoms with van der Waals surface area (Å²) in [6, 6.07) is 0. The molecule has 92 valence electrons. The zero-order chi connectivity index (χ0) is 12.5. The molecule has 18 heavy (non-hydrogen) atoms. The van der Waals surface area contributed by atoms with Gasteiger partial charge in [-0.2, -0.15) is 5.57 Å². The van der Waals surface area contributed by atoms with Gasteiger partial charge in [-0.1, -0.05) is 19.4 Å². The van der Waals surface area contributed by atoms with Crippen molar-refractivity contribution in [1.29, 1.82) is 0 Å². The molecule has 0 aromatic heterocycles. The Kier molecular flexibility index (Phi) is 9.18. The molecule has 0 heterocycles. The van der Waals surface area contributed by atoms with Crippen LogP contribution in [0, 0.1) is 18.9 Å². The van der Waals surface area contributed by atoms with Gasteiger partial charge in [-0.05, 0) is 39.2 Å². The third-order valence-electron chi connectivity index (χ3n) is 3.48. The predicted molar refractivity (Wildman–Crippen MR) is 71.7 cm³/mol. The van der Waals surface area contributed by atoms with Crippen LogP contribution in [0.5, 0.6) is 0 Å². The average Bonchev–Trinajstić information content (AvgIpc) is 2.33. The Balaban J connectivity index is 0. The first-order chi connectivity index (χ1) is 7.24. The summed E-state index contributed by atoms with van der Waals surface area (Å²) in [7, 11) is 0. The molecule has 0 aliphatic heterocycles. The maximum Gasteiger partial charge on any atom is 1.00 e. The fraction of sp³-hybridized carbons (Fsp3) is 0.600. The van der Waals surface area contributed by atoms with E-state index in [1.165, 1.54) is 22.3 Å². The summed E-state index contributed by atoms with van der Waals surface area (Å²) in [5.74, 6) is 0.568. The molecule has 0 amide bonds. The van der Waals surface area contributed by atoms with Gasteiger partial charge in [-0.3, -0.25) is 0 Å². The van der Waals surface area contributed by atoms with Crippen molar-refractivity contribution in [1.82, 2.24) is 5.32 Å². The maximum absolute atomic E-state index is 3.39. The van der Waals surface area contributed by atoms with Crippen molar-refractivity contribution in [2.75, 3.05) is 0 Å². The van der Waals surface area contributed by atoms with E-state index in [0.29, 0.717) is 5.92 Å². The van der Waals surface area contributed by atoms with Gasteiger partial charge in [-0.15, -0.1) is 12.5 Å². The molecule has 1 aliphatic carbocycles. The second-order valence-electron chi connectivity index (χ2n) is 5.84. The van der Waals surface area contributed by atoms with Gasteiger partial charge in [0.15, 0.2) is 0 Å². The van der Waals surface area contributed by atoms with E-state index in [1.807, 2.05) is 0 Å². The first kappa shape index (κ1) is 20.8. The number of hydrogen-bond donors (Lipinski definition) is 1. The summed E-state index contributed by atoms with van der Waals surface area (Å²) < 4.78 is 0. The molecule has 3 heteroatoms. The number of rotatable bonds is 3.